The maximum absolute atomic E-state index is 12.7. The van der Waals surface area contributed by atoms with Crippen LogP contribution in [0.4, 0.5) is 18.9 Å². The summed E-state index contributed by atoms with van der Waals surface area (Å²) < 4.78 is 38.2. The SMILES string of the molecule is C[C@@H]1CNC[C@H]1C(=O)Nc1ccc(Cl)c(C(F)(F)F)c1. The first-order valence-corrected chi connectivity index (χ1v) is 6.55. The number of carbonyl (C=O) groups excluding carboxylic acids is 1. The van der Waals surface area contributed by atoms with Gasteiger partial charge in [-0.15, -0.1) is 0 Å². The maximum Gasteiger partial charge on any atom is 0.417 e. The molecule has 0 spiro atoms. The molecule has 3 nitrogen and oxygen atoms in total. The van der Waals surface area contributed by atoms with Gasteiger partial charge in [0.25, 0.3) is 0 Å². The highest BCUT2D eigenvalue weighted by Crippen LogP contribution is 2.36. The van der Waals surface area contributed by atoms with Gasteiger partial charge in [-0.2, -0.15) is 13.2 Å². The number of halogens is 4. The summed E-state index contributed by atoms with van der Waals surface area (Å²) in [5.41, 5.74) is -0.847. The fourth-order valence-corrected chi connectivity index (χ4v) is 2.44. The first-order chi connectivity index (χ1) is 9.29. The third-order valence-corrected chi connectivity index (χ3v) is 3.72. The number of hydrogen-bond donors (Lipinski definition) is 2. The smallest absolute Gasteiger partial charge is 0.326 e. The Morgan fingerprint density at radius 1 is 1.40 bits per heavy atom. The Morgan fingerprint density at radius 3 is 2.65 bits per heavy atom. The lowest BCUT2D eigenvalue weighted by Crippen LogP contribution is -2.28. The van der Waals surface area contributed by atoms with Crippen molar-refractivity contribution in [2.75, 3.05) is 18.4 Å². The largest absolute Gasteiger partial charge is 0.417 e. The molecule has 0 bridgehead atoms. The normalized spacial score (nSPS) is 22.9. The molecular weight excluding hydrogens is 293 g/mol. The van der Waals surface area contributed by atoms with Crippen LogP contribution in [-0.4, -0.2) is 19.0 Å². The topological polar surface area (TPSA) is 41.1 Å². The predicted molar refractivity (Wildman–Crippen MR) is 70.6 cm³/mol. The monoisotopic (exact) mass is 306 g/mol. The highest BCUT2D eigenvalue weighted by Gasteiger charge is 2.34. The third kappa shape index (κ3) is 3.24. The van der Waals surface area contributed by atoms with Crippen molar-refractivity contribution in [3.05, 3.63) is 28.8 Å². The fraction of sp³-hybridized carbons (Fsp3) is 0.462. The zero-order valence-electron chi connectivity index (χ0n) is 10.7. The quantitative estimate of drug-likeness (QED) is 0.881. The number of alkyl halides is 3. The van der Waals surface area contributed by atoms with Gasteiger partial charge in [0, 0.05) is 12.2 Å². The van der Waals surface area contributed by atoms with Gasteiger partial charge in [-0.25, -0.2) is 0 Å². The van der Waals surface area contributed by atoms with Gasteiger partial charge in [-0.1, -0.05) is 18.5 Å². The molecule has 0 aliphatic carbocycles. The van der Waals surface area contributed by atoms with Crippen molar-refractivity contribution in [3.63, 3.8) is 0 Å². The van der Waals surface area contributed by atoms with Crippen molar-refractivity contribution >= 4 is 23.2 Å². The molecule has 1 heterocycles. The van der Waals surface area contributed by atoms with Crippen molar-refractivity contribution in [2.24, 2.45) is 11.8 Å². The van der Waals surface area contributed by atoms with E-state index in [-0.39, 0.29) is 28.5 Å². The van der Waals surface area contributed by atoms with E-state index in [9.17, 15) is 18.0 Å². The number of hydrogen-bond acceptors (Lipinski definition) is 2. The Balaban J connectivity index is 2.16. The molecule has 1 aliphatic rings. The van der Waals surface area contributed by atoms with Crippen LogP contribution in [0.2, 0.25) is 5.02 Å². The molecule has 2 rings (SSSR count). The van der Waals surface area contributed by atoms with E-state index in [0.29, 0.717) is 6.54 Å². The fourth-order valence-electron chi connectivity index (χ4n) is 2.22. The number of anilines is 1. The van der Waals surface area contributed by atoms with Crippen LogP contribution < -0.4 is 10.6 Å². The summed E-state index contributed by atoms with van der Waals surface area (Å²) in [6.45, 7) is 3.19. The minimum Gasteiger partial charge on any atom is -0.326 e. The Morgan fingerprint density at radius 2 is 2.10 bits per heavy atom. The molecule has 1 fully saturated rings. The van der Waals surface area contributed by atoms with Gasteiger partial charge in [0.15, 0.2) is 0 Å². The molecule has 110 valence electrons. The molecule has 1 aromatic carbocycles. The van der Waals surface area contributed by atoms with Crippen LogP contribution in [0.1, 0.15) is 12.5 Å². The van der Waals surface area contributed by atoms with Crippen LogP contribution >= 0.6 is 11.6 Å². The Kier molecular flexibility index (Phi) is 4.25. The molecule has 7 heteroatoms. The summed E-state index contributed by atoms with van der Waals surface area (Å²) in [4.78, 5) is 12.0. The van der Waals surface area contributed by atoms with Crippen LogP contribution in [0.25, 0.3) is 0 Å². The first kappa shape index (κ1) is 15.1. The first-order valence-electron chi connectivity index (χ1n) is 6.17. The summed E-state index contributed by atoms with van der Waals surface area (Å²) >= 11 is 5.52. The average Bonchev–Trinajstić information content (AvgIpc) is 2.76. The van der Waals surface area contributed by atoms with Gasteiger partial charge in [0.05, 0.1) is 16.5 Å². The van der Waals surface area contributed by atoms with Gasteiger partial charge < -0.3 is 10.6 Å². The van der Waals surface area contributed by atoms with E-state index >= 15 is 0 Å². The van der Waals surface area contributed by atoms with Gasteiger partial charge in [0.1, 0.15) is 0 Å². The van der Waals surface area contributed by atoms with E-state index in [1.807, 2.05) is 6.92 Å². The van der Waals surface area contributed by atoms with Crippen molar-refractivity contribution in [1.82, 2.24) is 5.32 Å². The Bertz CT molecular complexity index is 519. The van der Waals surface area contributed by atoms with Crippen molar-refractivity contribution < 1.29 is 18.0 Å². The van der Waals surface area contributed by atoms with Gasteiger partial charge >= 0.3 is 6.18 Å². The maximum atomic E-state index is 12.7. The zero-order chi connectivity index (χ0) is 14.9. The summed E-state index contributed by atoms with van der Waals surface area (Å²) in [7, 11) is 0. The zero-order valence-corrected chi connectivity index (χ0v) is 11.5. The molecule has 20 heavy (non-hydrogen) atoms. The number of carbonyl (C=O) groups is 1. The van der Waals surface area contributed by atoms with Crippen LogP contribution in [0.5, 0.6) is 0 Å². The van der Waals surface area contributed by atoms with Crippen molar-refractivity contribution in [3.8, 4) is 0 Å². The summed E-state index contributed by atoms with van der Waals surface area (Å²) in [5, 5.41) is 5.21. The van der Waals surface area contributed by atoms with Crippen molar-refractivity contribution in [1.29, 1.82) is 0 Å². The molecule has 1 saturated heterocycles. The molecule has 0 radical (unpaired) electrons. The molecule has 2 atom stereocenters. The second-order valence-corrected chi connectivity index (χ2v) is 5.33. The van der Waals surface area contributed by atoms with Crippen LogP contribution in [0.15, 0.2) is 18.2 Å². The van der Waals surface area contributed by atoms with Crippen LogP contribution in [0.3, 0.4) is 0 Å². The minimum atomic E-state index is -4.54. The number of amides is 1. The standard InChI is InChI=1S/C13H14ClF3N2O/c1-7-5-18-6-9(7)12(20)19-8-2-3-11(14)10(4-8)13(15,16)17/h2-4,7,9,18H,5-6H2,1H3,(H,19,20)/t7-,9-/m1/s1. The molecule has 0 unspecified atom stereocenters. The molecule has 0 aromatic heterocycles. The number of rotatable bonds is 2. The molecule has 1 aliphatic heterocycles. The summed E-state index contributed by atoms with van der Waals surface area (Å²) in [5.74, 6) is -0.359. The molecule has 2 N–H and O–H groups in total. The minimum absolute atomic E-state index is 0.103. The van der Waals surface area contributed by atoms with E-state index in [0.717, 1.165) is 18.7 Å². The highest BCUT2D eigenvalue weighted by atomic mass is 35.5. The van der Waals surface area contributed by atoms with Gasteiger partial charge in [0.2, 0.25) is 5.91 Å². The van der Waals surface area contributed by atoms with Gasteiger partial charge in [-0.05, 0) is 30.7 Å². The van der Waals surface area contributed by atoms with E-state index in [4.69, 9.17) is 11.6 Å². The second kappa shape index (κ2) is 5.61. The Hall–Kier alpha value is -1.27. The summed E-state index contributed by atoms with van der Waals surface area (Å²) in [6.07, 6.45) is -4.54. The highest BCUT2D eigenvalue weighted by molar-refractivity contribution is 6.31. The molecule has 1 amide bonds. The van der Waals surface area contributed by atoms with E-state index < -0.39 is 11.7 Å². The Labute approximate surface area is 119 Å². The molecular formula is C13H14ClF3N2O. The molecule has 0 saturated carbocycles. The predicted octanol–water partition coefficient (Wildman–Crippen LogP) is 3.15. The lowest BCUT2D eigenvalue weighted by Gasteiger charge is -2.16. The third-order valence-electron chi connectivity index (χ3n) is 3.39. The number of benzene rings is 1. The van der Waals surface area contributed by atoms with Crippen LogP contribution in [-0.2, 0) is 11.0 Å². The van der Waals surface area contributed by atoms with Gasteiger partial charge in [-0.3, -0.25) is 4.79 Å². The second-order valence-electron chi connectivity index (χ2n) is 4.92. The van der Waals surface area contributed by atoms with Crippen molar-refractivity contribution in [2.45, 2.75) is 13.1 Å². The van der Waals surface area contributed by atoms with E-state index in [1.54, 1.807) is 0 Å². The number of nitrogens with one attached hydrogen (secondary N) is 2. The lowest BCUT2D eigenvalue weighted by molar-refractivity contribution is -0.137. The lowest BCUT2D eigenvalue weighted by atomic mass is 9.97. The average molecular weight is 307 g/mol. The van der Waals surface area contributed by atoms with E-state index in [1.165, 1.54) is 6.07 Å². The molecule has 1 aromatic rings. The summed E-state index contributed by atoms with van der Waals surface area (Å²) in [6, 6.07) is 3.35. The van der Waals surface area contributed by atoms with E-state index in [2.05, 4.69) is 10.6 Å². The van der Waals surface area contributed by atoms with Crippen LogP contribution in [0, 0.1) is 11.8 Å².